The SMILES string of the molecule is Cc1c(CC(=O)NCCCCC(N)C(=O)NC(C)C(=O)O)c(=O)oc2cc(N)c(S(=O)(=O)O)cc12. The number of nitrogen functional groups attached to an aromatic ring is 1. The van der Waals surface area contributed by atoms with E-state index >= 15 is 0 Å². The van der Waals surface area contributed by atoms with E-state index in [1.54, 1.807) is 0 Å². The molecule has 0 aliphatic rings. The second-order valence-corrected chi connectivity index (χ2v) is 9.44. The number of amides is 2. The molecular formula is C21H28N4O9S. The van der Waals surface area contributed by atoms with E-state index < -0.39 is 50.5 Å². The Bertz CT molecular complexity index is 1300. The number of aliphatic carboxylic acids is 1. The largest absolute Gasteiger partial charge is 0.480 e. The molecule has 14 heteroatoms. The number of anilines is 1. The molecule has 0 spiro atoms. The van der Waals surface area contributed by atoms with Crippen LogP contribution in [0.2, 0.25) is 0 Å². The molecule has 0 bridgehead atoms. The molecule has 1 heterocycles. The average molecular weight is 513 g/mol. The smallest absolute Gasteiger partial charge is 0.340 e. The Morgan fingerprint density at radius 1 is 1.20 bits per heavy atom. The van der Waals surface area contributed by atoms with Gasteiger partial charge in [-0.05, 0) is 44.7 Å². The number of carbonyl (C=O) groups is 3. The molecule has 2 aromatic rings. The summed E-state index contributed by atoms with van der Waals surface area (Å²) in [7, 11) is -4.61. The summed E-state index contributed by atoms with van der Waals surface area (Å²) >= 11 is 0. The van der Waals surface area contributed by atoms with Gasteiger partial charge in [0.25, 0.3) is 10.1 Å². The summed E-state index contributed by atoms with van der Waals surface area (Å²) in [5, 5.41) is 13.9. The third-order valence-electron chi connectivity index (χ3n) is 5.36. The zero-order valence-corrected chi connectivity index (χ0v) is 20.0. The summed E-state index contributed by atoms with van der Waals surface area (Å²) in [6.07, 6.45) is 0.905. The first-order chi connectivity index (χ1) is 16.2. The lowest BCUT2D eigenvalue weighted by atomic mass is 10.0. The third-order valence-corrected chi connectivity index (χ3v) is 6.27. The number of carbonyl (C=O) groups excluding carboxylic acids is 2. The van der Waals surface area contributed by atoms with E-state index in [4.69, 9.17) is 21.0 Å². The maximum atomic E-state index is 12.4. The van der Waals surface area contributed by atoms with Crippen LogP contribution >= 0.6 is 0 Å². The molecule has 35 heavy (non-hydrogen) atoms. The van der Waals surface area contributed by atoms with Crippen LogP contribution in [0.1, 0.15) is 37.3 Å². The number of fused-ring (bicyclic) bond motifs is 1. The maximum Gasteiger partial charge on any atom is 0.340 e. The predicted molar refractivity (Wildman–Crippen MR) is 125 cm³/mol. The Kier molecular flexibility index (Phi) is 8.95. The summed E-state index contributed by atoms with van der Waals surface area (Å²) in [6.45, 7) is 3.08. The monoisotopic (exact) mass is 512 g/mol. The molecule has 0 radical (unpaired) electrons. The highest BCUT2D eigenvalue weighted by Crippen LogP contribution is 2.28. The van der Waals surface area contributed by atoms with E-state index in [1.807, 2.05) is 0 Å². The minimum Gasteiger partial charge on any atom is -0.480 e. The Morgan fingerprint density at radius 2 is 1.86 bits per heavy atom. The van der Waals surface area contributed by atoms with Crippen LogP contribution in [0.15, 0.2) is 26.2 Å². The maximum absolute atomic E-state index is 12.4. The lowest BCUT2D eigenvalue weighted by Gasteiger charge is -2.14. The molecule has 2 rings (SSSR count). The molecule has 192 valence electrons. The van der Waals surface area contributed by atoms with Crippen molar-refractivity contribution in [3.63, 3.8) is 0 Å². The van der Waals surface area contributed by atoms with Gasteiger partial charge in [0.1, 0.15) is 16.5 Å². The van der Waals surface area contributed by atoms with E-state index in [9.17, 15) is 32.1 Å². The summed E-state index contributed by atoms with van der Waals surface area (Å²) in [4.78, 5) is 46.8. The van der Waals surface area contributed by atoms with E-state index in [2.05, 4.69) is 10.6 Å². The first-order valence-electron chi connectivity index (χ1n) is 10.6. The zero-order chi connectivity index (χ0) is 26.5. The van der Waals surface area contributed by atoms with Gasteiger partial charge in [-0.1, -0.05) is 0 Å². The number of unbranched alkanes of at least 4 members (excludes halogenated alkanes) is 1. The summed E-state index contributed by atoms with van der Waals surface area (Å²) in [5.74, 6) is -2.24. The normalized spacial score (nSPS) is 13.3. The Balaban J connectivity index is 1.96. The van der Waals surface area contributed by atoms with Crippen LogP contribution in [0.3, 0.4) is 0 Å². The molecule has 8 N–H and O–H groups in total. The Labute approximate surface area is 200 Å². The fourth-order valence-electron chi connectivity index (χ4n) is 3.31. The van der Waals surface area contributed by atoms with Crippen molar-refractivity contribution in [1.82, 2.24) is 10.6 Å². The number of rotatable bonds is 11. The van der Waals surface area contributed by atoms with Gasteiger partial charge >= 0.3 is 11.6 Å². The number of hydrogen-bond donors (Lipinski definition) is 6. The van der Waals surface area contributed by atoms with Crippen LogP contribution in [0.4, 0.5) is 5.69 Å². The number of aryl methyl sites for hydroxylation is 1. The van der Waals surface area contributed by atoms with Gasteiger partial charge in [-0.2, -0.15) is 8.42 Å². The van der Waals surface area contributed by atoms with Crippen molar-refractivity contribution in [3.05, 3.63) is 33.7 Å². The van der Waals surface area contributed by atoms with E-state index in [-0.39, 0.29) is 41.6 Å². The fraction of sp³-hybridized carbons (Fsp3) is 0.429. The third kappa shape index (κ3) is 7.24. The molecule has 0 saturated heterocycles. The van der Waals surface area contributed by atoms with E-state index in [0.717, 1.165) is 12.1 Å². The summed E-state index contributed by atoms with van der Waals surface area (Å²) in [5.41, 5.74) is 10.6. The lowest BCUT2D eigenvalue weighted by Crippen LogP contribution is -2.47. The molecule has 1 aromatic heterocycles. The first kappa shape index (κ1) is 27.8. The molecule has 13 nitrogen and oxygen atoms in total. The molecule has 2 amide bonds. The molecule has 2 atom stereocenters. The zero-order valence-electron chi connectivity index (χ0n) is 19.2. The van der Waals surface area contributed by atoms with Gasteiger partial charge in [0.2, 0.25) is 11.8 Å². The standard InChI is InChI=1S/C21H28N4O9S/c1-10-12-7-17(35(31,32)33)15(23)9-16(12)34-21(30)13(10)8-18(26)24-6-4-3-5-14(22)19(27)25-11(2)20(28)29/h7,9,11,14H,3-6,8,22-23H2,1-2H3,(H,24,26)(H,25,27)(H,28,29)(H,31,32,33). The minimum atomic E-state index is -4.61. The number of benzene rings is 1. The van der Waals surface area contributed by atoms with Crippen molar-refractivity contribution in [2.75, 3.05) is 12.3 Å². The number of nitrogens with two attached hydrogens (primary N) is 2. The van der Waals surface area contributed by atoms with Crippen molar-refractivity contribution in [2.24, 2.45) is 5.73 Å². The van der Waals surface area contributed by atoms with Crippen LogP contribution in [-0.4, -0.2) is 54.5 Å². The highest BCUT2D eigenvalue weighted by atomic mass is 32.2. The van der Waals surface area contributed by atoms with Gasteiger partial charge < -0.3 is 31.6 Å². The van der Waals surface area contributed by atoms with Gasteiger partial charge in [-0.15, -0.1) is 0 Å². The van der Waals surface area contributed by atoms with Crippen LogP contribution in [0, 0.1) is 6.92 Å². The predicted octanol–water partition coefficient (Wildman–Crippen LogP) is -0.324. The van der Waals surface area contributed by atoms with Crippen molar-refractivity contribution >= 4 is 44.6 Å². The lowest BCUT2D eigenvalue weighted by molar-refractivity contribution is -0.141. The number of hydrogen-bond acceptors (Lipinski definition) is 9. The van der Waals surface area contributed by atoms with Crippen LogP contribution in [-0.2, 0) is 30.9 Å². The highest BCUT2D eigenvalue weighted by molar-refractivity contribution is 7.86. The van der Waals surface area contributed by atoms with Gasteiger partial charge in [0.05, 0.1) is 23.7 Å². The molecule has 0 aliphatic carbocycles. The Morgan fingerprint density at radius 3 is 2.46 bits per heavy atom. The van der Waals surface area contributed by atoms with Crippen molar-refractivity contribution in [1.29, 1.82) is 0 Å². The van der Waals surface area contributed by atoms with Crippen LogP contribution in [0.5, 0.6) is 0 Å². The molecular weight excluding hydrogens is 484 g/mol. The van der Waals surface area contributed by atoms with Crippen molar-refractivity contribution < 1.29 is 36.9 Å². The van der Waals surface area contributed by atoms with Gasteiger partial charge in [0.15, 0.2) is 0 Å². The second kappa shape index (κ2) is 11.3. The van der Waals surface area contributed by atoms with Crippen LogP contribution in [0.25, 0.3) is 11.0 Å². The topological polar surface area (TPSA) is 232 Å². The molecule has 0 saturated carbocycles. The number of carboxylic acid groups (broad SMARTS) is 1. The van der Waals surface area contributed by atoms with Crippen molar-refractivity contribution in [3.8, 4) is 0 Å². The number of nitrogens with one attached hydrogen (secondary N) is 2. The van der Waals surface area contributed by atoms with Crippen molar-refractivity contribution in [2.45, 2.75) is 56.5 Å². The highest BCUT2D eigenvalue weighted by Gasteiger charge is 2.21. The molecule has 0 aliphatic heterocycles. The fourth-order valence-corrected chi connectivity index (χ4v) is 3.94. The first-order valence-corrected chi connectivity index (χ1v) is 12.0. The van der Waals surface area contributed by atoms with E-state index in [0.29, 0.717) is 18.4 Å². The molecule has 1 aromatic carbocycles. The molecule has 2 unspecified atom stereocenters. The van der Waals surface area contributed by atoms with Gasteiger partial charge in [-0.3, -0.25) is 18.9 Å². The minimum absolute atomic E-state index is 0.0136. The molecule has 0 fully saturated rings. The van der Waals surface area contributed by atoms with Gasteiger partial charge in [0, 0.05) is 18.0 Å². The number of carboxylic acids is 1. The summed E-state index contributed by atoms with van der Waals surface area (Å²) in [6, 6.07) is 0.250. The van der Waals surface area contributed by atoms with Gasteiger partial charge in [-0.25, -0.2) is 4.79 Å². The second-order valence-electron chi connectivity index (χ2n) is 8.05. The Hall–Kier alpha value is -3.49. The quantitative estimate of drug-likeness (QED) is 0.0987. The van der Waals surface area contributed by atoms with E-state index in [1.165, 1.54) is 13.8 Å². The summed E-state index contributed by atoms with van der Waals surface area (Å²) < 4.78 is 37.6. The van der Waals surface area contributed by atoms with Crippen LogP contribution < -0.4 is 27.7 Å². The average Bonchev–Trinajstić information content (AvgIpc) is 2.74.